The van der Waals surface area contributed by atoms with E-state index in [1.165, 1.54) is 4.90 Å². The van der Waals surface area contributed by atoms with Crippen molar-refractivity contribution in [1.82, 2.24) is 10.2 Å². The molecular weight excluding hydrogens is 404 g/mol. The topological polar surface area (TPSA) is 67.9 Å². The van der Waals surface area contributed by atoms with Crippen LogP contribution in [0.15, 0.2) is 54.6 Å². The van der Waals surface area contributed by atoms with Crippen LogP contribution in [-0.4, -0.2) is 48.6 Å². The van der Waals surface area contributed by atoms with E-state index in [2.05, 4.69) is 5.32 Å². The summed E-state index contributed by atoms with van der Waals surface area (Å²) in [5, 5.41) is 3.53. The lowest BCUT2D eigenvalue weighted by atomic mass is 10.1. The van der Waals surface area contributed by atoms with Gasteiger partial charge in [0, 0.05) is 24.7 Å². The standard InChI is InChI=1S/C23H27ClN2O4/c1-17(23(28)25-14-21-8-5-13-29-21)26(15-18-9-11-19(24)12-10-18)22(27)16-30-20-6-3-2-4-7-20/h2-4,6-7,9-12,17,21H,5,8,13-16H2,1H3,(H,25,28)/t17-,21+/m1/s1. The Labute approximate surface area is 182 Å². The molecule has 6 nitrogen and oxygen atoms in total. The highest BCUT2D eigenvalue weighted by Crippen LogP contribution is 2.15. The Morgan fingerprint density at radius 1 is 1.20 bits per heavy atom. The summed E-state index contributed by atoms with van der Waals surface area (Å²) in [7, 11) is 0. The number of halogens is 1. The molecule has 1 aliphatic heterocycles. The number of para-hydroxylation sites is 1. The van der Waals surface area contributed by atoms with E-state index >= 15 is 0 Å². The van der Waals surface area contributed by atoms with Crippen LogP contribution in [0.3, 0.4) is 0 Å². The number of nitrogens with one attached hydrogen (secondary N) is 1. The maximum absolute atomic E-state index is 13.0. The van der Waals surface area contributed by atoms with Crippen molar-refractivity contribution in [3.63, 3.8) is 0 Å². The van der Waals surface area contributed by atoms with Gasteiger partial charge in [-0.15, -0.1) is 0 Å². The summed E-state index contributed by atoms with van der Waals surface area (Å²) in [5.74, 6) is 0.119. The molecule has 0 bridgehead atoms. The number of rotatable bonds is 9. The van der Waals surface area contributed by atoms with Gasteiger partial charge in [0.05, 0.1) is 6.10 Å². The first kappa shape index (κ1) is 22.1. The normalized spacial score (nSPS) is 16.7. The first-order chi connectivity index (χ1) is 14.5. The lowest BCUT2D eigenvalue weighted by molar-refractivity contribution is -0.142. The van der Waals surface area contributed by atoms with E-state index in [0.29, 0.717) is 17.3 Å². The molecule has 1 N–H and O–H groups in total. The van der Waals surface area contributed by atoms with Crippen LogP contribution in [0.1, 0.15) is 25.3 Å². The van der Waals surface area contributed by atoms with Crippen molar-refractivity contribution in [2.24, 2.45) is 0 Å². The lowest BCUT2D eigenvalue weighted by Crippen LogP contribution is -2.50. The van der Waals surface area contributed by atoms with E-state index in [0.717, 1.165) is 25.0 Å². The highest BCUT2D eigenvalue weighted by atomic mass is 35.5. The Morgan fingerprint density at radius 3 is 2.60 bits per heavy atom. The maximum atomic E-state index is 13.0. The molecule has 1 aliphatic rings. The van der Waals surface area contributed by atoms with Crippen LogP contribution in [0.4, 0.5) is 0 Å². The Hall–Kier alpha value is -2.57. The average Bonchev–Trinajstić information content (AvgIpc) is 3.29. The zero-order valence-corrected chi connectivity index (χ0v) is 17.8. The molecule has 2 aromatic carbocycles. The average molecular weight is 431 g/mol. The van der Waals surface area contributed by atoms with Gasteiger partial charge in [0.2, 0.25) is 5.91 Å². The van der Waals surface area contributed by atoms with Crippen molar-refractivity contribution in [3.05, 3.63) is 65.2 Å². The van der Waals surface area contributed by atoms with Gasteiger partial charge in [-0.3, -0.25) is 9.59 Å². The van der Waals surface area contributed by atoms with Crippen LogP contribution >= 0.6 is 11.6 Å². The van der Waals surface area contributed by atoms with Gasteiger partial charge in [-0.05, 0) is 49.6 Å². The van der Waals surface area contributed by atoms with E-state index < -0.39 is 6.04 Å². The predicted octanol–water partition coefficient (Wildman–Crippen LogP) is 3.43. The van der Waals surface area contributed by atoms with Gasteiger partial charge in [0.1, 0.15) is 11.8 Å². The summed E-state index contributed by atoms with van der Waals surface area (Å²) in [6, 6.07) is 15.7. The van der Waals surface area contributed by atoms with Crippen LogP contribution in [-0.2, 0) is 20.9 Å². The monoisotopic (exact) mass is 430 g/mol. The van der Waals surface area contributed by atoms with Crippen LogP contribution in [0.2, 0.25) is 5.02 Å². The number of hydrogen-bond donors (Lipinski definition) is 1. The predicted molar refractivity (Wildman–Crippen MR) is 115 cm³/mol. The van der Waals surface area contributed by atoms with Crippen molar-refractivity contribution in [1.29, 1.82) is 0 Å². The van der Waals surface area contributed by atoms with E-state index in [-0.39, 0.29) is 31.1 Å². The zero-order chi connectivity index (χ0) is 21.3. The summed E-state index contributed by atoms with van der Waals surface area (Å²) >= 11 is 5.97. The molecule has 2 aromatic rings. The number of benzene rings is 2. The van der Waals surface area contributed by atoms with Crippen molar-refractivity contribution < 1.29 is 19.1 Å². The fourth-order valence-electron chi connectivity index (χ4n) is 3.28. The molecule has 0 unspecified atom stereocenters. The van der Waals surface area contributed by atoms with Gasteiger partial charge in [-0.2, -0.15) is 0 Å². The second-order valence-corrected chi connectivity index (χ2v) is 7.74. The molecule has 0 aromatic heterocycles. The first-order valence-electron chi connectivity index (χ1n) is 10.1. The van der Waals surface area contributed by atoms with Gasteiger partial charge < -0.3 is 19.7 Å². The number of nitrogens with zero attached hydrogens (tertiary/aromatic N) is 1. The van der Waals surface area contributed by atoms with Crippen molar-refractivity contribution >= 4 is 23.4 Å². The fraction of sp³-hybridized carbons (Fsp3) is 0.391. The third-order valence-electron chi connectivity index (χ3n) is 5.07. The van der Waals surface area contributed by atoms with Gasteiger partial charge in [0.15, 0.2) is 6.61 Å². The van der Waals surface area contributed by atoms with Gasteiger partial charge in [-0.25, -0.2) is 0 Å². The van der Waals surface area contributed by atoms with Crippen molar-refractivity contribution in [2.75, 3.05) is 19.8 Å². The number of carbonyl (C=O) groups is 2. The molecule has 0 spiro atoms. The Bertz CT molecular complexity index is 823. The molecule has 1 fully saturated rings. The molecule has 160 valence electrons. The van der Waals surface area contributed by atoms with Gasteiger partial charge in [-0.1, -0.05) is 41.9 Å². The third-order valence-corrected chi connectivity index (χ3v) is 5.32. The smallest absolute Gasteiger partial charge is 0.261 e. The third kappa shape index (κ3) is 6.47. The fourth-order valence-corrected chi connectivity index (χ4v) is 3.41. The molecule has 1 saturated heterocycles. The highest BCUT2D eigenvalue weighted by Gasteiger charge is 2.27. The maximum Gasteiger partial charge on any atom is 0.261 e. The molecule has 30 heavy (non-hydrogen) atoms. The largest absolute Gasteiger partial charge is 0.484 e. The van der Waals surface area contributed by atoms with Crippen LogP contribution in [0, 0.1) is 0 Å². The molecule has 1 heterocycles. The molecular formula is C23H27ClN2O4. The Morgan fingerprint density at radius 2 is 1.93 bits per heavy atom. The van der Waals surface area contributed by atoms with Crippen molar-refractivity contribution in [3.8, 4) is 5.75 Å². The number of amides is 2. The summed E-state index contributed by atoms with van der Waals surface area (Å²) in [6.07, 6.45) is 1.99. The van der Waals surface area contributed by atoms with Crippen LogP contribution < -0.4 is 10.1 Å². The molecule has 0 aliphatic carbocycles. The highest BCUT2D eigenvalue weighted by molar-refractivity contribution is 6.30. The SMILES string of the molecule is C[C@H](C(=O)NC[C@@H]1CCCO1)N(Cc1ccc(Cl)cc1)C(=O)COc1ccccc1. The number of ether oxygens (including phenoxy) is 2. The minimum atomic E-state index is -0.658. The van der Waals surface area contributed by atoms with E-state index in [9.17, 15) is 9.59 Å². The van der Waals surface area contributed by atoms with E-state index in [1.54, 1.807) is 31.2 Å². The number of carbonyl (C=O) groups excluding carboxylic acids is 2. The molecule has 7 heteroatoms. The van der Waals surface area contributed by atoms with Crippen molar-refractivity contribution in [2.45, 2.75) is 38.5 Å². The quantitative estimate of drug-likeness (QED) is 0.661. The van der Waals surface area contributed by atoms with Gasteiger partial charge in [0.25, 0.3) is 5.91 Å². The molecule has 2 atom stereocenters. The minimum absolute atomic E-state index is 0.0444. The first-order valence-corrected chi connectivity index (χ1v) is 10.5. The Kier molecular flexibility index (Phi) is 8.11. The van der Waals surface area contributed by atoms with E-state index in [4.69, 9.17) is 21.1 Å². The van der Waals surface area contributed by atoms with Crippen LogP contribution in [0.5, 0.6) is 5.75 Å². The molecule has 2 amide bonds. The summed E-state index contributed by atoms with van der Waals surface area (Å²) in [6.45, 7) is 3.03. The van der Waals surface area contributed by atoms with Crippen LogP contribution in [0.25, 0.3) is 0 Å². The summed E-state index contributed by atoms with van der Waals surface area (Å²) in [4.78, 5) is 27.2. The lowest BCUT2D eigenvalue weighted by Gasteiger charge is -2.29. The molecule has 0 saturated carbocycles. The number of hydrogen-bond acceptors (Lipinski definition) is 4. The summed E-state index contributed by atoms with van der Waals surface area (Å²) < 4.78 is 11.2. The van der Waals surface area contributed by atoms with E-state index in [1.807, 2.05) is 30.3 Å². The second-order valence-electron chi connectivity index (χ2n) is 7.31. The molecule has 3 rings (SSSR count). The van der Waals surface area contributed by atoms with Gasteiger partial charge >= 0.3 is 0 Å². The summed E-state index contributed by atoms with van der Waals surface area (Å²) in [5.41, 5.74) is 0.881. The molecule has 0 radical (unpaired) electrons. The Balaban J connectivity index is 1.65. The zero-order valence-electron chi connectivity index (χ0n) is 17.1. The minimum Gasteiger partial charge on any atom is -0.484 e. The second kappa shape index (κ2) is 11.0.